The van der Waals surface area contributed by atoms with Gasteiger partial charge in [-0.05, 0) is 66.3 Å². The van der Waals surface area contributed by atoms with Gasteiger partial charge in [-0.2, -0.15) is 0 Å². The van der Waals surface area contributed by atoms with Crippen LogP contribution in [0.5, 0.6) is 0 Å². The van der Waals surface area contributed by atoms with E-state index in [9.17, 15) is 8.42 Å². The molecule has 2 rings (SSSR count). The fourth-order valence-corrected chi connectivity index (χ4v) is 3.67. The van der Waals surface area contributed by atoms with E-state index < -0.39 is 10.0 Å². The predicted octanol–water partition coefficient (Wildman–Crippen LogP) is 3.73. The van der Waals surface area contributed by atoms with Gasteiger partial charge >= 0.3 is 0 Å². The molecule has 0 radical (unpaired) electrons. The summed E-state index contributed by atoms with van der Waals surface area (Å²) >= 11 is 2.21. The molecule has 106 valence electrons. The summed E-state index contributed by atoms with van der Waals surface area (Å²) in [7, 11) is -1.93. The molecule has 0 spiro atoms. The molecule has 0 saturated heterocycles. The van der Waals surface area contributed by atoms with Crippen molar-refractivity contribution in [2.24, 2.45) is 0 Å². The summed E-state index contributed by atoms with van der Waals surface area (Å²) < 4.78 is 27.7. The molecule has 0 bridgehead atoms. The second kappa shape index (κ2) is 5.73. The first kappa shape index (κ1) is 15.3. The Balaban J connectivity index is 2.49. The SMILES string of the molecule is Cc1ccc(S(=O)(=O)N(C)c2cccc(I)c2C)cc1. The molecule has 20 heavy (non-hydrogen) atoms. The molecule has 0 unspecified atom stereocenters. The van der Waals surface area contributed by atoms with E-state index in [1.807, 2.05) is 44.2 Å². The first-order valence-corrected chi connectivity index (χ1v) is 8.66. The van der Waals surface area contributed by atoms with Crippen LogP contribution in [0, 0.1) is 17.4 Å². The Morgan fingerprint density at radius 3 is 2.20 bits per heavy atom. The highest BCUT2D eigenvalue weighted by Gasteiger charge is 2.22. The number of benzene rings is 2. The second-order valence-corrected chi connectivity index (χ2v) is 7.80. The largest absolute Gasteiger partial charge is 0.269 e. The lowest BCUT2D eigenvalue weighted by Crippen LogP contribution is -2.27. The Morgan fingerprint density at radius 1 is 1.00 bits per heavy atom. The smallest absolute Gasteiger partial charge is 0.264 e. The van der Waals surface area contributed by atoms with Gasteiger partial charge in [-0.1, -0.05) is 23.8 Å². The van der Waals surface area contributed by atoms with Crippen LogP contribution in [0.2, 0.25) is 0 Å². The lowest BCUT2D eigenvalue weighted by Gasteiger charge is -2.22. The van der Waals surface area contributed by atoms with E-state index >= 15 is 0 Å². The number of sulfonamides is 1. The Kier molecular flexibility index (Phi) is 4.39. The Hall–Kier alpha value is -1.08. The minimum atomic E-state index is -3.52. The van der Waals surface area contributed by atoms with Crippen LogP contribution in [0.4, 0.5) is 5.69 Å². The van der Waals surface area contributed by atoms with Gasteiger partial charge in [-0.15, -0.1) is 0 Å². The van der Waals surface area contributed by atoms with Crippen LogP contribution in [0.25, 0.3) is 0 Å². The van der Waals surface area contributed by atoms with Gasteiger partial charge in [-0.3, -0.25) is 4.31 Å². The number of halogens is 1. The third kappa shape index (κ3) is 2.83. The molecule has 0 saturated carbocycles. The van der Waals surface area contributed by atoms with Crippen LogP contribution in [-0.4, -0.2) is 15.5 Å². The summed E-state index contributed by atoms with van der Waals surface area (Å²) in [5.74, 6) is 0. The summed E-state index contributed by atoms with van der Waals surface area (Å²) in [5.41, 5.74) is 2.71. The average Bonchev–Trinajstić information content (AvgIpc) is 2.41. The van der Waals surface area contributed by atoms with Gasteiger partial charge < -0.3 is 0 Å². The number of rotatable bonds is 3. The molecular weight excluding hydrogens is 385 g/mol. The highest BCUT2D eigenvalue weighted by Crippen LogP contribution is 2.28. The van der Waals surface area contributed by atoms with Gasteiger partial charge in [0.15, 0.2) is 0 Å². The molecule has 0 atom stereocenters. The summed E-state index contributed by atoms with van der Waals surface area (Å²) in [6, 6.07) is 12.6. The van der Waals surface area contributed by atoms with E-state index in [2.05, 4.69) is 22.6 Å². The summed E-state index contributed by atoms with van der Waals surface area (Å²) in [4.78, 5) is 0.309. The van der Waals surface area contributed by atoms with E-state index in [4.69, 9.17) is 0 Å². The van der Waals surface area contributed by atoms with E-state index in [-0.39, 0.29) is 0 Å². The minimum Gasteiger partial charge on any atom is -0.269 e. The van der Waals surface area contributed by atoms with Crippen molar-refractivity contribution < 1.29 is 8.42 Å². The van der Waals surface area contributed by atoms with E-state index in [1.165, 1.54) is 4.31 Å². The van der Waals surface area contributed by atoms with Crippen molar-refractivity contribution in [1.82, 2.24) is 0 Å². The molecular formula is C15H16INO2S. The Bertz CT molecular complexity index is 724. The number of hydrogen-bond donors (Lipinski definition) is 0. The lowest BCUT2D eigenvalue weighted by atomic mass is 10.2. The van der Waals surface area contributed by atoms with Crippen molar-refractivity contribution in [1.29, 1.82) is 0 Å². The minimum absolute atomic E-state index is 0.309. The zero-order valence-corrected chi connectivity index (χ0v) is 14.6. The standard InChI is InChI=1S/C15H16INO2S/c1-11-7-9-13(10-8-11)20(18,19)17(3)15-6-4-5-14(16)12(15)2/h4-10H,1-3H3. The number of hydrogen-bond acceptors (Lipinski definition) is 2. The maximum atomic E-state index is 12.6. The van der Waals surface area contributed by atoms with Crippen molar-refractivity contribution in [3.63, 3.8) is 0 Å². The van der Waals surface area contributed by atoms with Crippen molar-refractivity contribution in [3.05, 3.63) is 57.2 Å². The van der Waals surface area contributed by atoms with Gasteiger partial charge in [0.25, 0.3) is 10.0 Å². The van der Waals surface area contributed by atoms with E-state index in [0.29, 0.717) is 10.6 Å². The van der Waals surface area contributed by atoms with Crippen LogP contribution in [0.3, 0.4) is 0 Å². The molecule has 2 aromatic carbocycles. The molecule has 0 N–H and O–H groups in total. The predicted molar refractivity (Wildman–Crippen MR) is 90.7 cm³/mol. The van der Waals surface area contributed by atoms with Crippen molar-refractivity contribution in [3.8, 4) is 0 Å². The van der Waals surface area contributed by atoms with E-state index in [1.54, 1.807) is 19.2 Å². The number of aryl methyl sites for hydroxylation is 1. The fourth-order valence-electron chi connectivity index (χ4n) is 1.94. The van der Waals surface area contributed by atoms with Gasteiger partial charge in [0.1, 0.15) is 0 Å². The van der Waals surface area contributed by atoms with Crippen molar-refractivity contribution in [2.45, 2.75) is 18.7 Å². The van der Waals surface area contributed by atoms with Crippen LogP contribution >= 0.6 is 22.6 Å². The highest BCUT2D eigenvalue weighted by molar-refractivity contribution is 14.1. The summed E-state index contributed by atoms with van der Waals surface area (Å²) in [5, 5.41) is 0. The van der Waals surface area contributed by atoms with Crippen molar-refractivity contribution >= 4 is 38.3 Å². The quantitative estimate of drug-likeness (QED) is 0.736. The third-order valence-corrected chi connectivity index (χ3v) is 6.21. The van der Waals surface area contributed by atoms with Crippen LogP contribution in [0.15, 0.2) is 47.4 Å². The third-order valence-electron chi connectivity index (χ3n) is 3.26. The molecule has 0 aliphatic rings. The molecule has 0 heterocycles. The summed E-state index contributed by atoms with van der Waals surface area (Å²) in [6.45, 7) is 3.86. The molecule has 0 amide bonds. The van der Waals surface area contributed by atoms with Gasteiger partial charge in [0, 0.05) is 10.6 Å². The van der Waals surface area contributed by atoms with Gasteiger partial charge in [0.2, 0.25) is 0 Å². The first-order valence-electron chi connectivity index (χ1n) is 6.15. The molecule has 0 aromatic heterocycles. The highest BCUT2D eigenvalue weighted by atomic mass is 127. The molecule has 0 fully saturated rings. The molecule has 5 heteroatoms. The van der Waals surface area contributed by atoms with Crippen LogP contribution in [0.1, 0.15) is 11.1 Å². The number of anilines is 1. The fraction of sp³-hybridized carbons (Fsp3) is 0.200. The zero-order chi connectivity index (χ0) is 14.9. The number of nitrogens with zero attached hydrogens (tertiary/aromatic N) is 1. The van der Waals surface area contributed by atoms with Gasteiger partial charge in [0.05, 0.1) is 10.6 Å². The molecule has 2 aromatic rings. The zero-order valence-electron chi connectivity index (χ0n) is 11.6. The first-order chi connectivity index (χ1) is 9.34. The normalized spacial score (nSPS) is 11.4. The van der Waals surface area contributed by atoms with Crippen LogP contribution < -0.4 is 4.31 Å². The van der Waals surface area contributed by atoms with E-state index in [0.717, 1.165) is 14.7 Å². The van der Waals surface area contributed by atoms with Crippen LogP contribution in [-0.2, 0) is 10.0 Å². The summed E-state index contributed by atoms with van der Waals surface area (Å²) in [6.07, 6.45) is 0. The lowest BCUT2D eigenvalue weighted by molar-refractivity contribution is 0.594. The average molecular weight is 401 g/mol. The Morgan fingerprint density at radius 2 is 1.60 bits per heavy atom. The van der Waals surface area contributed by atoms with Gasteiger partial charge in [-0.25, -0.2) is 8.42 Å². The molecule has 0 aliphatic carbocycles. The maximum absolute atomic E-state index is 12.6. The van der Waals surface area contributed by atoms with Crippen molar-refractivity contribution in [2.75, 3.05) is 11.4 Å². The molecule has 0 aliphatic heterocycles. The topological polar surface area (TPSA) is 37.4 Å². The second-order valence-electron chi connectivity index (χ2n) is 4.67. The maximum Gasteiger partial charge on any atom is 0.264 e. The Labute approximate surface area is 133 Å². The molecule has 3 nitrogen and oxygen atoms in total. The monoisotopic (exact) mass is 401 g/mol.